The molecule has 1 aromatic carbocycles. The minimum atomic E-state index is -0.415. The lowest BCUT2D eigenvalue weighted by atomic mass is 10.2. The second-order valence-electron chi connectivity index (χ2n) is 6.07. The third-order valence-corrected chi connectivity index (χ3v) is 4.21. The first-order chi connectivity index (χ1) is 12.0. The van der Waals surface area contributed by atoms with Crippen molar-refractivity contribution in [3.63, 3.8) is 0 Å². The van der Waals surface area contributed by atoms with Crippen LogP contribution in [0, 0.1) is 5.82 Å². The lowest BCUT2D eigenvalue weighted by Gasteiger charge is -2.34. The van der Waals surface area contributed by atoms with Gasteiger partial charge in [-0.05, 0) is 29.3 Å². The van der Waals surface area contributed by atoms with Gasteiger partial charge in [-0.2, -0.15) is 0 Å². The fourth-order valence-corrected chi connectivity index (χ4v) is 2.93. The van der Waals surface area contributed by atoms with Gasteiger partial charge in [0.2, 0.25) is 5.91 Å². The first-order valence-corrected chi connectivity index (χ1v) is 8.05. The highest BCUT2D eigenvalue weighted by Gasteiger charge is 2.24. The van der Waals surface area contributed by atoms with E-state index in [-0.39, 0.29) is 11.7 Å². The lowest BCUT2D eigenvalue weighted by molar-refractivity contribution is -0.136. The molecule has 0 atom stereocenters. The van der Waals surface area contributed by atoms with Gasteiger partial charge in [0.25, 0.3) is 0 Å². The molecule has 3 rings (SSSR count). The zero-order valence-corrected chi connectivity index (χ0v) is 14.0. The van der Waals surface area contributed by atoms with Crippen LogP contribution in [-0.2, 0) is 22.6 Å². The maximum atomic E-state index is 13.3. The normalized spacial score (nSPS) is 15.4. The smallest absolute Gasteiger partial charge is 0.354 e. The van der Waals surface area contributed by atoms with Crippen molar-refractivity contribution in [2.24, 2.45) is 0 Å². The van der Waals surface area contributed by atoms with Gasteiger partial charge in [0.15, 0.2) is 0 Å². The van der Waals surface area contributed by atoms with Crippen molar-refractivity contribution in [2.45, 2.75) is 13.1 Å². The minimum Gasteiger partial charge on any atom is -0.464 e. The summed E-state index contributed by atoms with van der Waals surface area (Å²) in [6, 6.07) is 8.04. The second kappa shape index (κ2) is 7.48. The molecule has 0 radical (unpaired) electrons. The fraction of sp³-hybridized carbons (Fsp3) is 0.333. The summed E-state index contributed by atoms with van der Waals surface area (Å²) < 4.78 is 17.9. The van der Waals surface area contributed by atoms with Crippen LogP contribution in [0.1, 0.15) is 21.6 Å². The van der Waals surface area contributed by atoms with Crippen molar-refractivity contribution < 1.29 is 18.7 Å². The van der Waals surface area contributed by atoms with E-state index in [1.807, 2.05) is 11.0 Å². The number of ether oxygens (including phenoxy) is 1. The average Bonchev–Trinajstić information content (AvgIpc) is 3.05. The molecule has 7 heteroatoms. The average molecular weight is 345 g/mol. The number of aromatic nitrogens is 1. The molecule has 2 heterocycles. The van der Waals surface area contributed by atoms with Gasteiger partial charge in [-0.25, -0.2) is 9.18 Å². The van der Waals surface area contributed by atoms with Crippen molar-refractivity contribution in [3.8, 4) is 0 Å². The van der Waals surface area contributed by atoms with Gasteiger partial charge >= 0.3 is 5.97 Å². The number of carbonyl (C=O) groups is 2. The van der Waals surface area contributed by atoms with Crippen LogP contribution in [0.4, 0.5) is 4.39 Å². The summed E-state index contributed by atoms with van der Waals surface area (Å²) in [5, 5.41) is 0. The predicted molar refractivity (Wildman–Crippen MR) is 89.2 cm³/mol. The summed E-state index contributed by atoms with van der Waals surface area (Å²) in [4.78, 5) is 30.4. The van der Waals surface area contributed by atoms with Crippen LogP contribution in [0.3, 0.4) is 0 Å². The third-order valence-electron chi connectivity index (χ3n) is 4.21. The second-order valence-corrected chi connectivity index (χ2v) is 6.07. The van der Waals surface area contributed by atoms with Gasteiger partial charge in [0.05, 0.1) is 13.7 Å². The van der Waals surface area contributed by atoms with Gasteiger partial charge in [-0.15, -0.1) is 0 Å². The molecule has 0 spiro atoms. The number of carbonyl (C=O) groups excluding carboxylic acids is 2. The van der Waals surface area contributed by atoms with Crippen LogP contribution in [0.15, 0.2) is 36.5 Å². The highest BCUT2D eigenvalue weighted by Crippen LogP contribution is 2.14. The Balaban J connectivity index is 1.55. The molecule has 0 saturated carbocycles. The van der Waals surface area contributed by atoms with Gasteiger partial charge in [-0.3, -0.25) is 9.69 Å². The molecule has 2 aromatic rings. The number of hydrogen-bond donors (Lipinski definition) is 1. The van der Waals surface area contributed by atoms with Crippen molar-refractivity contribution in [1.29, 1.82) is 0 Å². The van der Waals surface area contributed by atoms with E-state index < -0.39 is 5.97 Å². The topological polar surface area (TPSA) is 65.6 Å². The summed E-state index contributed by atoms with van der Waals surface area (Å²) in [5.74, 6) is -0.695. The van der Waals surface area contributed by atoms with Crippen LogP contribution < -0.4 is 0 Å². The van der Waals surface area contributed by atoms with Crippen LogP contribution in [0.2, 0.25) is 0 Å². The van der Waals surface area contributed by atoms with Gasteiger partial charge in [-0.1, -0.05) is 12.1 Å². The zero-order chi connectivity index (χ0) is 17.8. The molecular formula is C18H20FN3O3. The van der Waals surface area contributed by atoms with E-state index in [1.54, 1.807) is 23.2 Å². The van der Waals surface area contributed by atoms with Crippen LogP contribution in [0.5, 0.6) is 0 Å². The molecule has 1 aliphatic heterocycles. The predicted octanol–water partition coefficient (Wildman–Crippen LogP) is 1.78. The SMILES string of the molecule is COC(=O)c1cc(CN2CCN(Cc3cccc(F)c3)C(=O)C2)c[nH]1. The third kappa shape index (κ3) is 4.24. The van der Waals surface area contributed by atoms with Crippen LogP contribution >= 0.6 is 0 Å². The standard InChI is InChI=1S/C18H20FN3O3/c1-25-18(24)16-8-14(9-20-16)10-21-5-6-22(17(23)12-21)11-13-3-2-4-15(19)7-13/h2-4,7-9,20H,5-6,10-12H2,1H3. The Hall–Kier alpha value is -2.67. The number of piperazine rings is 1. The first-order valence-electron chi connectivity index (χ1n) is 8.05. The zero-order valence-electron chi connectivity index (χ0n) is 14.0. The number of nitrogens with zero attached hydrogens (tertiary/aromatic N) is 2. The number of nitrogens with one attached hydrogen (secondary N) is 1. The summed E-state index contributed by atoms with van der Waals surface area (Å²) >= 11 is 0. The van der Waals surface area contributed by atoms with Gasteiger partial charge in [0.1, 0.15) is 11.5 Å². The van der Waals surface area contributed by atoms with E-state index in [2.05, 4.69) is 9.72 Å². The summed E-state index contributed by atoms with van der Waals surface area (Å²) in [5.41, 5.74) is 2.11. The molecule has 25 heavy (non-hydrogen) atoms. The van der Waals surface area contributed by atoms with E-state index >= 15 is 0 Å². The number of esters is 1. The Bertz CT molecular complexity index is 774. The molecule has 6 nitrogen and oxygen atoms in total. The van der Waals surface area contributed by atoms with Crippen molar-refractivity contribution in [3.05, 3.63) is 59.2 Å². The fourth-order valence-electron chi connectivity index (χ4n) is 2.93. The Labute approximate surface area is 145 Å². The lowest BCUT2D eigenvalue weighted by Crippen LogP contribution is -2.49. The molecule has 1 amide bonds. The molecule has 132 valence electrons. The molecule has 1 aliphatic rings. The van der Waals surface area contributed by atoms with Crippen molar-refractivity contribution in [1.82, 2.24) is 14.8 Å². The highest BCUT2D eigenvalue weighted by molar-refractivity contribution is 5.87. The molecule has 0 unspecified atom stereocenters. The van der Waals surface area contributed by atoms with Crippen molar-refractivity contribution in [2.75, 3.05) is 26.7 Å². The Morgan fingerprint density at radius 3 is 2.80 bits per heavy atom. The Morgan fingerprint density at radius 1 is 1.24 bits per heavy atom. The minimum absolute atomic E-state index is 0.0132. The molecule has 0 aliphatic carbocycles. The van der Waals surface area contributed by atoms with Gasteiger partial charge < -0.3 is 14.6 Å². The number of benzene rings is 1. The molecule has 1 saturated heterocycles. The number of hydrogen-bond acceptors (Lipinski definition) is 4. The van der Waals surface area contributed by atoms with E-state index in [1.165, 1.54) is 19.2 Å². The monoisotopic (exact) mass is 345 g/mol. The number of amides is 1. The molecule has 0 bridgehead atoms. The maximum Gasteiger partial charge on any atom is 0.354 e. The summed E-state index contributed by atoms with van der Waals surface area (Å²) in [7, 11) is 1.33. The summed E-state index contributed by atoms with van der Waals surface area (Å²) in [6.07, 6.45) is 1.75. The number of halogens is 1. The molecule has 1 N–H and O–H groups in total. The molecule has 1 aromatic heterocycles. The molecule has 1 fully saturated rings. The van der Waals surface area contributed by atoms with Crippen LogP contribution in [-0.4, -0.2) is 53.4 Å². The first kappa shape index (κ1) is 17.2. The van der Waals surface area contributed by atoms with E-state index in [4.69, 9.17) is 0 Å². The Morgan fingerprint density at radius 2 is 2.08 bits per heavy atom. The van der Waals surface area contributed by atoms with E-state index in [0.29, 0.717) is 31.9 Å². The molecular weight excluding hydrogens is 325 g/mol. The van der Waals surface area contributed by atoms with E-state index in [9.17, 15) is 14.0 Å². The Kier molecular flexibility index (Phi) is 5.14. The van der Waals surface area contributed by atoms with Crippen LogP contribution in [0.25, 0.3) is 0 Å². The largest absolute Gasteiger partial charge is 0.464 e. The number of aromatic amines is 1. The summed E-state index contributed by atoms with van der Waals surface area (Å²) in [6.45, 7) is 2.60. The number of H-pyrrole nitrogens is 1. The number of rotatable bonds is 5. The highest BCUT2D eigenvalue weighted by atomic mass is 19.1. The quantitative estimate of drug-likeness (QED) is 0.839. The van der Waals surface area contributed by atoms with Gasteiger partial charge in [0, 0.05) is 32.4 Å². The van der Waals surface area contributed by atoms with Crippen molar-refractivity contribution >= 4 is 11.9 Å². The maximum absolute atomic E-state index is 13.3. The number of methoxy groups -OCH3 is 1. The van der Waals surface area contributed by atoms with E-state index in [0.717, 1.165) is 17.7 Å².